The van der Waals surface area contributed by atoms with Gasteiger partial charge in [0, 0.05) is 47.3 Å². The molecule has 53 heavy (non-hydrogen) atoms. The van der Waals surface area contributed by atoms with Crippen molar-refractivity contribution in [2.45, 2.75) is 19.6 Å². The van der Waals surface area contributed by atoms with Crippen LogP contribution in [0, 0.1) is 0 Å². The Labute approximate surface area is 301 Å². The van der Waals surface area contributed by atoms with Crippen LogP contribution in [0.25, 0.3) is 61.2 Å². The summed E-state index contributed by atoms with van der Waals surface area (Å²) in [5.41, 5.74) is 9.22. The fourth-order valence-electron chi connectivity index (χ4n) is 6.24. The number of aliphatic hydroxyl groups is 1. The second kappa shape index (κ2) is 13.8. The topological polar surface area (TPSA) is 156 Å². The first-order valence-corrected chi connectivity index (χ1v) is 17.0. The Kier molecular flexibility index (Phi) is 8.30. The molecule has 14 heteroatoms. The summed E-state index contributed by atoms with van der Waals surface area (Å²) in [6.07, 6.45) is 14.4. The van der Waals surface area contributed by atoms with Crippen LogP contribution in [0.1, 0.15) is 11.1 Å². The number of aromatic nitrogens is 13. The molecule has 0 aliphatic rings. The van der Waals surface area contributed by atoms with Crippen molar-refractivity contribution < 1.29 is 5.11 Å². The quantitative estimate of drug-likeness (QED) is 0.215. The van der Waals surface area contributed by atoms with Crippen molar-refractivity contribution in [2.75, 3.05) is 6.61 Å². The lowest BCUT2D eigenvalue weighted by Crippen LogP contribution is -2.04. The predicted octanol–water partition coefficient (Wildman–Crippen LogP) is 5.49. The van der Waals surface area contributed by atoms with Gasteiger partial charge in [0.05, 0.1) is 55.5 Å². The number of imidazole rings is 2. The Balaban J connectivity index is 0.000000141. The molecule has 1 N–H and O–H groups in total. The van der Waals surface area contributed by atoms with Gasteiger partial charge in [-0.05, 0) is 71.8 Å². The number of aliphatic hydroxyl groups excluding tert-OH is 1. The molecule has 2 aromatic carbocycles. The SMILES string of the molecule is OCCn1cc(-c2ccc3ncn(Cc4ccc5ncccc5c4)c3n2)cn1.c1cnc2ccc(Cn3nnc4ccc(-n5ccnc5)nc43)cc2c1. The molecule has 258 valence electrons. The molecule has 0 radical (unpaired) electrons. The van der Waals surface area contributed by atoms with Gasteiger partial charge in [-0.3, -0.25) is 19.2 Å². The highest BCUT2D eigenvalue weighted by molar-refractivity contribution is 5.80. The van der Waals surface area contributed by atoms with Crippen molar-refractivity contribution in [3.05, 3.63) is 146 Å². The fourth-order valence-corrected chi connectivity index (χ4v) is 6.24. The van der Waals surface area contributed by atoms with Crippen molar-refractivity contribution >= 4 is 44.1 Å². The van der Waals surface area contributed by atoms with E-state index >= 15 is 0 Å². The summed E-state index contributed by atoms with van der Waals surface area (Å²) >= 11 is 0. The molecule has 0 aliphatic heterocycles. The molecular weight excluding hydrogens is 667 g/mol. The third-order valence-corrected chi connectivity index (χ3v) is 8.85. The molecule has 8 heterocycles. The highest BCUT2D eigenvalue weighted by atomic mass is 16.3. The van der Waals surface area contributed by atoms with Crippen LogP contribution in [0.3, 0.4) is 0 Å². The van der Waals surface area contributed by atoms with E-state index in [-0.39, 0.29) is 6.61 Å². The average Bonchev–Trinajstić information content (AvgIpc) is 4.04. The van der Waals surface area contributed by atoms with Crippen molar-refractivity contribution in [2.24, 2.45) is 0 Å². The van der Waals surface area contributed by atoms with E-state index < -0.39 is 0 Å². The first-order valence-electron chi connectivity index (χ1n) is 17.0. The van der Waals surface area contributed by atoms with Crippen LogP contribution >= 0.6 is 0 Å². The molecule has 0 saturated carbocycles. The fraction of sp³-hybridized carbons (Fsp3) is 0.103. The predicted molar refractivity (Wildman–Crippen MR) is 200 cm³/mol. The maximum Gasteiger partial charge on any atom is 0.180 e. The van der Waals surface area contributed by atoms with Gasteiger partial charge < -0.3 is 9.67 Å². The van der Waals surface area contributed by atoms with E-state index in [1.54, 1.807) is 35.8 Å². The van der Waals surface area contributed by atoms with Crippen molar-refractivity contribution in [1.82, 2.24) is 63.8 Å². The third kappa shape index (κ3) is 6.57. The Morgan fingerprint density at radius 3 is 2.17 bits per heavy atom. The average molecular weight is 698 g/mol. The van der Waals surface area contributed by atoms with Gasteiger partial charge in [0.2, 0.25) is 0 Å². The standard InChI is InChI=1S/C21H18N6O.C18H13N7/c28-9-8-27-13-17(11-24-27)19-5-6-20-21(25-19)26(14-23-20)12-15-3-4-18-16(10-15)2-1-7-22-18;1-2-14-10-13(3-4-15(14)20-7-1)11-25-18-16(22-23-25)5-6-17(21-18)24-9-8-19-12-24/h1-7,10-11,13-14,28H,8-9,12H2;1-10,12H,11H2. The van der Waals surface area contributed by atoms with Gasteiger partial charge in [-0.2, -0.15) is 5.10 Å². The van der Waals surface area contributed by atoms with E-state index in [2.05, 4.69) is 81.3 Å². The molecule has 10 rings (SSSR count). The Morgan fingerprint density at radius 2 is 1.42 bits per heavy atom. The molecule has 10 aromatic rings. The minimum atomic E-state index is 0.0572. The summed E-state index contributed by atoms with van der Waals surface area (Å²) in [7, 11) is 0. The highest BCUT2D eigenvalue weighted by Crippen LogP contribution is 2.22. The van der Waals surface area contributed by atoms with E-state index in [4.69, 9.17) is 10.1 Å². The molecule has 0 atom stereocenters. The summed E-state index contributed by atoms with van der Waals surface area (Å²) in [5, 5.41) is 24.0. The first-order chi connectivity index (χ1) is 26.2. The third-order valence-electron chi connectivity index (χ3n) is 8.85. The summed E-state index contributed by atoms with van der Waals surface area (Å²) in [6, 6.07) is 28.2. The van der Waals surface area contributed by atoms with Gasteiger partial charge in [0.25, 0.3) is 0 Å². The lowest BCUT2D eigenvalue weighted by Gasteiger charge is -2.06. The lowest BCUT2D eigenvalue weighted by molar-refractivity contribution is 0.269. The number of hydrogen-bond donors (Lipinski definition) is 1. The van der Waals surface area contributed by atoms with Crippen molar-refractivity contribution in [1.29, 1.82) is 0 Å². The van der Waals surface area contributed by atoms with E-state index in [0.29, 0.717) is 19.6 Å². The largest absolute Gasteiger partial charge is 0.394 e. The van der Waals surface area contributed by atoms with Crippen LogP contribution in [0.2, 0.25) is 0 Å². The van der Waals surface area contributed by atoms with Gasteiger partial charge in [-0.15, -0.1) is 5.10 Å². The van der Waals surface area contributed by atoms with E-state index in [0.717, 1.165) is 66.8 Å². The maximum absolute atomic E-state index is 9.06. The lowest BCUT2D eigenvalue weighted by atomic mass is 10.1. The summed E-state index contributed by atoms with van der Waals surface area (Å²) in [6.45, 7) is 1.81. The van der Waals surface area contributed by atoms with Gasteiger partial charge in [-0.25, -0.2) is 24.6 Å². The molecule has 0 fully saturated rings. The molecule has 0 spiro atoms. The van der Waals surface area contributed by atoms with Crippen LogP contribution in [0.5, 0.6) is 0 Å². The first kappa shape index (κ1) is 31.8. The molecule has 14 nitrogen and oxygen atoms in total. The van der Waals surface area contributed by atoms with E-state index in [9.17, 15) is 0 Å². The van der Waals surface area contributed by atoms with Gasteiger partial charge in [0.15, 0.2) is 11.3 Å². The number of hydrogen-bond acceptors (Lipinski definition) is 10. The normalized spacial score (nSPS) is 11.4. The summed E-state index contributed by atoms with van der Waals surface area (Å²) in [5.74, 6) is 0.788. The Hall–Kier alpha value is -7.19. The number of fused-ring (bicyclic) bond motifs is 4. The molecule has 0 saturated heterocycles. The number of nitrogens with zero attached hydrogens (tertiary/aromatic N) is 13. The number of benzene rings is 2. The second-order valence-corrected chi connectivity index (χ2v) is 12.4. The molecule has 0 bridgehead atoms. The minimum Gasteiger partial charge on any atom is -0.394 e. The molecular formula is C39H31N13O. The molecule has 0 amide bonds. The Morgan fingerprint density at radius 1 is 0.660 bits per heavy atom. The summed E-state index contributed by atoms with van der Waals surface area (Å²) < 4.78 is 7.43. The van der Waals surface area contributed by atoms with Gasteiger partial charge in [0.1, 0.15) is 23.2 Å². The zero-order valence-electron chi connectivity index (χ0n) is 28.3. The van der Waals surface area contributed by atoms with Crippen LogP contribution in [0.4, 0.5) is 0 Å². The van der Waals surface area contributed by atoms with Crippen LogP contribution in [0.15, 0.2) is 135 Å². The van der Waals surface area contributed by atoms with Crippen molar-refractivity contribution in [3.8, 4) is 17.1 Å². The highest BCUT2D eigenvalue weighted by Gasteiger charge is 2.11. The second-order valence-electron chi connectivity index (χ2n) is 12.4. The molecule has 0 aliphatic carbocycles. The van der Waals surface area contributed by atoms with E-state index in [1.807, 2.05) is 76.5 Å². The number of rotatable bonds is 8. The van der Waals surface area contributed by atoms with Gasteiger partial charge in [-0.1, -0.05) is 29.5 Å². The summed E-state index contributed by atoms with van der Waals surface area (Å²) in [4.78, 5) is 26.8. The number of pyridine rings is 4. The van der Waals surface area contributed by atoms with Crippen LogP contribution in [-0.4, -0.2) is 75.5 Å². The van der Waals surface area contributed by atoms with Crippen LogP contribution < -0.4 is 0 Å². The maximum atomic E-state index is 9.06. The van der Waals surface area contributed by atoms with Gasteiger partial charge >= 0.3 is 0 Å². The monoisotopic (exact) mass is 697 g/mol. The minimum absolute atomic E-state index is 0.0572. The smallest absolute Gasteiger partial charge is 0.180 e. The van der Waals surface area contributed by atoms with E-state index in [1.165, 1.54) is 5.56 Å². The zero-order chi connectivity index (χ0) is 35.6. The van der Waals surface area contributed by atoms with Crippen LogP contribution in [-0.2, 0) is 19.6 Å². The Bertz CT molecular complexity index is 2840. The van der Waals surface area contributed by atoms with Crippen molar-refractivity contribution in [3.63, 3.8) is 0 Å². The molecule has 0 unspecified atom stereocenters. The molecule has 8 aromatic heterocycles. The zero-order valence-corrected chi connectivity index (χ0v) is 28.3.